The number of rotatable bonds is 3. The van der Waals surface area contributed by atoms with Gasteiger partial charge in [-0.3, -0.25) is 0 Å². The van der Waals surface area contributed by atoms with Gasteiger partial charge in [-0.25, -0.2) is 4.68 Å². The van der Waals surface area contributed by atoms with E-state index in [2.05, 4.69) is 16.5 Å². The summed E-state index contributed by atoms with van der Waals surface area (Å²) >= 11 is 0. The van der Waals surface area contributed by atoms with E-state index >= 15 is 0 Å². The van der Waals surface area contributed by atoms with E-state index in [0.717, 1.165) is 12.8 Å². The minimum atomic E-state index is 0.365. The number of nitriles is 1. The molecule has 2 fully saturated rings. The summed E-state index contributed by atoms with van der Waals surface area (Å²) in [7, 11) is 0. The Kier molecular flexibility index (Phi) is 3.33. The quantitative estimate of drug-likeness (QED) is 0.818. The Balaban J connectivity index is 1.87. The van der Waals surface area contributed by atoms with Gasteiger partial charge >= 0.3 is 0 Å². The number of nitrogen functional groups attached to an aromatic ring is 1. The average Bonchev–Trinajstić information content (AvgIpc) is 3.18. The predicted octanol–water partition coefficient (Wildman–Crippen LogP) is 2.81. The van der Waals surface area contributed by atoms with Gasteiger partial charge in [0, 0.05) is 6.04 Å². The molecule has 102 valence electrons. The van der Waals surface area contributed by atoms with Crippen LogP contribution in [0.1, 0.15) is 63.0 Å². The van der Waals surface area contributed by atoms with Crippen LogP contribution >= 0.6 is 0 Å². The van der Waals surface area contributed by atoms with E-state index in [1.165, 1.54) is 38.5 Å². The fourth-order valence-corrected chi connectivity index (χ4v) is 2.86. The highest BCUT2D eigenvalue weighted by Crippen LogP contribution is 2.33. The Labute approximate surface area is 113 Å². The summed E-state index contributed by atoms with van der Waals surface area (Å²) in [5.41, 5.74) is 6.65. The topological polar surface area (TPSA) is 79.7 Å². The van der Waals surface area contributed by atoms with Crippen molar-refractivity contribution in [2.24, 2.45) is 0 Å². The first-order valence-corrected chi connectivity index (χ1v) is 7.34. The Morgan fingerprint density at radius 3 is 2.42 bits per heavy atom. The van der Waals surface area contributed by atoms with Gasteiger partial charge in [-0.05, 0) is 25.7 Å². The predicted molar refractivity (Wildman–Crippen MR) is 74.7 cm³/mol. The Morgan fingerprint density at radius 1 is 1.16 bits per heavy atom. The zero-order chi connectivity index (χ0) is 13.2. The Bertz CT molecular complexity index is 487. The van der Waals surface area contributed by atoms with Crippen LogP contribution in [0.15, 0.2) is 0 Å². The summed E-state index contributed by atoms with van der Waals surface area (Å²) in [6.45, 7) is 0. The molecule has 1 heterocycles. The molecule has 1 aromatic rings. The number of anilines is 2. The second-order valence-corrected chi connectivity index (χ2v) is 5.73. The minimum Gasteiger partial charge on any atom is -0.383 e. The molecule has 2 aliphatic carbocycles. The molecule has 0 bridgehead atoms. The maximum atomic E-state index is 9.28. The molecule has 19 heavy (non-hydrogen) atoms. The molecule has 0 aliphatic heterocycles. The summed E-state index contributed by atoms with van der Waals surface area (Å²) in [5.74, 6) is 1.23. The molecular weight excluding hydrogens is 238 g/mol. The summed E-state index contributed by atoms with van der Waals surface area (Å²) < 4.78 is 1.90. The molecule has 0 radical (unpaired) electrons. The van der Waals surface area contributed by atoms with Gasteiger partial charge in [0.1, 0.15) is 17.5 Å². The van der Waals surface area contributed by atoms with Gasteiger partial charge in [-0.2, -0.15) is 10.4 Å². The molecule has 3 N–H and O–H groups in total. The number of nitrogens with two attached hydrogens (primary N) is 1. The zero-order valence-electron chi connectivity index (χ0n) is 11.2. The lowest BCUT2D eigenvalue weighted by Gasteiger charge is -2.15. The molecular formula is C14H21N5. The summed E-state index contributed by atoms with van der Waals surface area (Å²) in [6.07, 6.45) is 9.65. The van der Waals surface area contributed by atoms with Crippen LogP contribution < -0.4 is 11.1 Å². The number of nitrogens with one attached hydrogen (secondary N) is 1. The van der Waals surface area contributed by atoms with Crippen LogP contribution in [0, 0.1) is 11.3 Å². The summed E-state index contributed by atoms with van der Waals surface area (Å²) in [6, 6.07) is 3.06. The van der Waals surface area contributed by atoms with E-state index in [1.54, 1.807) is 0 Å². The molecule has 0 aromatic carbocycles. The standard InChI is InChI=1S/C14H21N5/c15-9-12-13(16)19(11-5-3-1-2-4-6-11)18-14(12)17-10-7-8-10/h10-11H,1-8,16H2,(H,17,18). The Hall–Kier alpha value is -1.70. The van der Waals surface area contributed by atoms with Gasteiger partial charge in [0.2, 0.25) is 0 Å². The highest BCUT2D eigenvalue weighted by atomic mass is 15.4. The number of aromatic nitrogens is 2. The van der Waals surface area contributed by atoms with Crippen LogP contribution in [0.3, 0.4) is 0 Å². The monoisotopic (exact) mass is 259 g/mol. The van der Waals surface area contributed by atoms with Crippen molar-refractivity contribution in [1.29, 1.82) is 5.26 Å². The van der Waals surface area contributed by atoms with Gasteiger partial charge < -0.3 is 11.1 Å². The van der Waals surface area contributed by atoms with Crippen molar-refractivity contribution < 1.29 is 0 Å². The van der Waals surface area contributed by atoms with Crippen LogP contribution in [0.2, 0.25) is 0 Å². The van der Waals surface area contributed by atoms with Crippen molar-refractivity contribution >= 4 is 11.6 Å². The molecule has 2 saturated carbocycles. The lowest BCUT2D eigenvalue weighted by atomic mass is 10.1. The van der Waals surface area contributed by atoms with Gasteiger partial charge in [0.05, 0.1) is 6.04 Å². The van der Waals surface area contributed by atoms with Crippen LogP contribution in [0.4, 0.5) is 11.6 Å². The van der Waals surface area contributed by atoms with Crippen LogP contribution in [-0.4, -0.2) is 15.8 Å². The summed E-state index contributed by atoms with van der Waals surface area (Å²) in [4.78, 5) is 0. The molecule has 0 spiro atoms. The van der Waals surface area contributed by atoms with Gasteiger partial charge in [0.15, 0.2) is 5.82 Å². The zero-order valence-corrected chi connectivity index (χ0v) is 11.2. The summed E-state index contributed by atoms with van der Waals surface area (Å²) in [5, 5.41) is 17.2. The molecule has 0 unspecified atom stereocenters. The molecule has 3 rings (SSSR count). The second-order valence-electron chi connectivity index (χ2n) is 5.73. The number of hydrogen-bond acceptors (Lipinski definition) is 4. The van der Waals surface area contributed by atoms with Gasteiger partial charge in [-0.1, -0.05) is 25.7 Å². The normalized spacial score (nSPS) is 20.8. The largest absolute Gasteiger partial charge is 0.383 e. The number of hydrogen-bond donors (Lipinski definition) is 2. The van der Waals surface area contributed by atoms with E-state index in [4.69, 9.17) is 5.73 Å². The van der Waals surface area contributed by atoms with Crippen molar-refractivity contribution in [3.05, 3.63) is 5.56 Å². The maximum Gasteiger partial charge on any atom is 0.168 e. The molecule has 0 saturated heterocycles. The van der Waals surface area contributed by atoms with E-state index in [-0.39, 0.29) is 0 Å². The van der Waals surface area contributed by atoms with Crippen molar-refractivity contribution in [3.63, 3.8) is 0 Å². The number of nitrogens with zero attached hydrogens (tertiary/aromatic N) is 3. The molecule has 0 amide bonds. The third-order valence-electron chi connectivity index (χ3n) is 4.15. The van der Waals surface area contributed by atoms with Crippen LogP contribution in [0.25, 0.3) is 0 Å². The van der Waals surface area contributed by atoms with Crippen molar-refractivity contribution in [3.8, 4) is 6.07 Å². The fourth-order valence-electron chi connectivity index (χ4n) is 2.86. The average molecular weight is 259 g/mol. The van der Waals surface area contributed by atoms with Crippen molar-refractivity contribution in [2.75, 3.05) is 11.1 Å². The maximum absolute atomic E-state index is 9.28. The first kappa shape index (κ1) is 12.3. The third kappa shape index (κ3) is 2.53. The van der Waals surface area contributed by atoms with Crippen LogP contribution in [-0.2, 0) is 0 Å². The SMILES string of the molecule is N#Cc1c(NC2CC2)nn(C2CCCCCC2)c1N. The lowest BCUT2D eigenvalue weighted by Crippen LogP contribution is -2.13. The van der Waals surface area contributed by atoms with E-state index in [9.17, 15) is 5.26 Å². The molecule has 5 heteroatoms. The van der Waals surface area contributed by atoms with Gasteiger partial charge in [-0.15, -0.1) is 0 Å². The van der Waals surface area contributed by atoms with E-state index < -0.39 is 0 Å². The Morgan fingerprint density at radius 2 is 1.84 bits per heavy atom. The highest BCUT2D eigenvalue weighted by molar-refractivity contribution is 5.64. The third-order valence-corrected chi connectivity index (χ3v) is 4.15. The molecule has 1 aromatic heterocycles. The van der Waals surface area contributed by atoms with Crippen molar-refractivity contribution in [1.82, 2.24) is 9.78 Å². The van der Waals surface area contributed by atoms with E-state index in [1.807, 2.05) is 4.68 Å². The lowest BCUT2D eigenvalue weighted by molar-refractivity contribution is 0.412. The minimum absolute atomic E-state index is 0.365. The fraction of sp³-hybridized carbons (Fsp3) is 0.714. The van der Waals surface area contributed by atoms with Crippen molar-refractivity contribution in [2.45, 2.75) is 63.5 Å². The molecule has 2 aliphatic rings. The first-order valence-electron chi connectivity index (χ1n) is 7.34. The van der Waals surface area contributed by atoms with Gasteiger partial charge in [0.25, 0.3) is 0 Å². The van der Waals surface area contributed by atoms with Crippen LogP contribution in [0.5, 0.6) is 0 Å². The molecule has 0 atom stereocenters. The first-order chi connectivity index (χ1) is 9.29. The highest BCUT2D eigenvalue weighted by Gasteiger charge is 2.27. The van der Waals surface area contributed by atoms with E-state index in [0.29, 0.717) is 29.3 Å². The molecule has 5 nitrogen and oxygen atoms in total. The smallest absolute Gasteiger partial charge is 0.168 e. The second kappa shape index (κ2) is 5.12.